The molecule has 2 N–H and O–H groups in total. The van der Waals surface area contributed by atoms with Crippen molar-refractivity contribution >= 4 is 5.82 Å². The zero-order chi connectivity index (χ0) is 13.2. The van der Waals surface area contributed by atoms with Crippen LogP contribution in [0.1, 0.15) is 26.3 Å². The Balaban J connectivity index is 2.19. The Morgan fingerprint density at radius 2 is 1.61 bits per heavy atom. The quantitative estimate of drug-likeness (QED) is 0.880. The Hall–Kier alpha value is -2.10. The van der Waals surface area contributed by atoms with Crippen molar-refractivity contribution in [1.82, 2.24) is 9.97 Å². The second-order valence-corrected chi connectivity index (χ2v) is 5.12. The van der Waals surface area contributed by atoms with Crippen LogP contribution in [-0.4, -0.2) is 9.97 Å². The summed E-state index contributed by atoms with van der Waals surface area (Å²) in [4.78, 5) is 7.96. The van der Waals surface area contributed by atoms with Crippen LogP contribution in [0.4, 0.5) is 5.82 Å². The van der Waals surface area contributed by atoms with Gasteiger partial charge in [0.25, 0.3) is 5.88 Å². The first kappa shape index (κ1) is 12.4. The van der Waals surface area contributed by atoms with Crippen LogP contribution < -0.4 is 10.5 Å². The molecule has 0 saturated heterocycles. The fourth-order valence-corrected chi connectivity index (χ4v) is 1.55. The van der Waals surface area contributed by atoms with Crippen molar-refractivity contribution < 1.29 is 4.74 Å². The number of nitrogens with zero attached hydrogens (tertiary/aromatic N) is 2. The average Bonchev–Trinajstić information content (AvgIpc) is 2.32. The van der Waals surface area contributed by atoms with E-state index >= 15 is 0 Å². The maximum absolute atomic E-state index is 5.67. The molecule has 0 saturated carbocycles. The van der Waals surface area contributed by atoms with E-state index < -0.39 is 0 Å². The molecule has 0 bridgehead atoms. The number of hydrogen-bond donors (Lipinski definition) is 1. The van der Waals surface area contributed by atoms with Crippen molar-refractivity contribution in [2.75, 3.05) is 5.73 Å². The zero-order valence-electron chi connectivity index (χ0n) is 10.8. The molecular weight excluding hydrogens is 226 g/mol. The summed E-state index contributed by atoms with van der Waals surface area (Å²) in [5, 5.41) is 0. The minimum atomic E-state index is 0.129. The lowest BCUT2D eigenvalue weighted by molar-refractivity contribution is 0.462. The predicted molar refractivity (Wildman–Crippen MR) is 71.7 cm³/mol. The Labute approximate surface area is 107 Å². The molecular formula is C14H17N3O. The number of benzene rings is 1. The van der Waals surface area contributed by atoms with E-state index in [9.17, 15) is 0 Å². The van der Waals surface area contributed by atoms with Gasteiger partial charge in [0.05, 0.1) is 0 Å². The fraction of sp³-hybridized carbons (Fsp3) is 0.286. The van der Waals surface area contributed by atoms with Gasteiger partial charge in [0, 0.05) is 12.4 Å². The van der Waals surface area contributed by atoms with Gasteiger partial charge in [-0.3, -0.25) is 0 Å². The number of aromatic nitrogens is 2. The van der Waals surface area contributed by atoms with E-state index in [0.29, 0.717) is 11.6 Å². The summed E-state index contributed by atoms with van der Waals surface area (Å²) in [6.07, 6.45) is 3.08. The highest BCUT2D eigenvalue weighted by molar-refractivity contribution is 5.42. The van der Waals surface area contributed by atoms with E-state index in [4.69, 9.17) is 10.5 Å². The minimum absolute atomic E-state index is 0.129. The SMILES string of the molecule is CC(C)(C)c1ccc(Oc2nccnc2N)cc1. The number of rotatable bonds is 2. The predicted octanol–water partition coefficient (Wildman–Crippen LogP) is 3.15. The van der Waals surface area contributed by atoms with Crippen molar-refractivity contribution in [1.29, 1.82) is 0 Å². The topological polar surface area (TPSA) is 61.0 Å². The molecule has 4 nitrogen and oxygen atoms in total. The van der Waals surface area contributed by atoms with Gasteiger partial charge < -0.3 is 10.5 Å². The normalized spacial score (nSPS) is 11.3. The molecule has 0 aliphatic heterocycles. The van der Waals surface area contributed by atoms with Crippen molar-refractivity contribution in [2.45, 2.75) is 26.2 Å². The van der Waals surface area contributed by atoms with Gasteiger partial charge in [-0.15, -0.1) is 0 Å². The van der Waals surface area contributed by atoms with Gasteiger partial charge in [-0.1, -0.05) is 32.9 Å². The lowest BCUT2D eigenvalue weighted by Crippen LogP contribution is -2.10. The van der Waals surface area contributed by atoms with Gasteiger partial charge in [0.1, 0.15) is 5.75 Å². The van der Waals surface area contributed by atoms with E-state index in [1.165, 1.54) is 11.8 Å². The number of nitrogen functional groups attached to an aromatic ring is 1. The molecule has 18 heavy (non-hydrogen) atoms. The summed E-state index contributed by atoms with van der Waals surface area (Å²) in [6.45, 7) is 6.51. The molecule has 0 unspecified atom stereocenters. The number of anilines is 1. The third kappa shape index (κ3) is 2.77. The lowest BCUT2D eigenvalue weighted by atomic mass is 9.87. The van der Waals surface area contributed by atoms with Gasteiger partial charge >= 0.3 is 0 Å². The highest BCUT2D eigenvalue weighted by Crippen LogP contribution is 2.27. The van der Waals surface area contributed by atoms with E-state index in [1.54, 1.807) is 6.20 Å². The molecule has 0 fully saturated rings. The molecule has 94 valence electrons. The molecule has 0 amide bonds. The van der Waals surface area contributed by atoms with Crippen LogP contribution in [0.3, 0.4) is 0 Å². The first-order valence-corrected chi connectivity index (χ1v) is 5.82. The van der Waals surface area contributed by atoms with Crippen LogP contribution in [0.15, 0.2) is 36.7 Å². The number of ether oxygens (including phenoxy) is 1. The fourth-order valence-electron chi connectivity index (χ4n) is 1.55. The van der Waals surface area contributed by atoms with E-state index in [0.717, 1.165) is 0 Å². The molecule has 0 spiro atoms. The first-order chi connectivity index (χ1) is 8.47. The summed E-state index contributed by atoms with van der Waals surface area (Å²) in [5.74, 6) is 1.33. The van der Waals surface area contributed by atoms with Gasteiger partial charge in [-0.25, -0.2) is 9.97 Å². The van der Waals surface area contributed by atoms with Crippen LogP contribution in [0.5, 0.6) is 11.6 Å². The summed E-state index contributed by atoms with van der Waals surface area (Å²) in [6, 6.07) is 7.91. The molecule has 1 aromatic heterocycles. The van der Waals surface area contributed by atoms with Crippen molar-refractivity contribution in [3.63, 3.8) is 0 Å². The molecule has 0 radical (unpaired) electrons. The minimum Gasteiger partial charge on any atom is -0.436 e. The highest BCUT2D eigenvalue weighted by atomic mass is 16.5. The highest BCUT2D eigenvalue weighted by Gasteiger charge is 2.13. The van der Waals surface area contributed by atoms with Crippen molar-refractivity contribution in [3.05, 3.63) is 42.2 Å². The average molecular weight is 243 g/mol. The molecule has 4 heteroatoms. The number of nitrogens with two attached hydrogens (primary N) is 1. The monoisotopic (exact) mass is 243 g/mol. The Morgan fingerprint density at radius 1 is 1.00 bits per heavy atom. The third-order valence-electron chi connectivity index (χ3n) is 2.63. The van der Waals surface area contributed by atoms with Crippen LogP contribution in [0.2, 0.25) is 0 Å². The first-order valence-electron chi connectivity index (χ1n) is 5.82. The molecule has 1 aromatic carbocycles. The third-order valence-corrected chi connectivity index (χ3v) is 2.63. The van der Waals surface area contributed by atoms with Gasteiger partial charge in [-0.2, -0.15) is 0 Å². The van der Waals surface area contributed by atoms with Crippen molar-refractivity contribution in [2.24, 2.45) is 0 Å². The lowest BCUT2D eigenvalue weighted by Gasteiger charge is -2.19. The second-order valence-electron chi connectivity index (χ2n) is 5.12. The Kier molecular flexibility index (Phi) is 3.19. The summed E-state index contributed by atoms with van der Waals surface area (Å²) < 4.78 is 5.58. The smallest absolute Gasteiger partial charge is 0.262 e. The molecule has 1 heterocycles. The van der Waals surface area contributed by atoms with Crippen LogP contribution in [-0.2, 0) is 5.41 Å². The molecule has 2 aromatic rings. The van der Waals surface area contributed by atoms with Gasteiger partial charge in [-0.05, 0) is 23.1 Å². The molecule has 0 aliphatic rings. The molecule has 0 aliphatic carbocycles. The van der Waals surface area contributed by atoms with Crippen LogP contribution >= 0.6 is 0 Å². The van der Waals surface area contributed by atoms with Gasteiger partial charge in [0.15, 0.2) is 5.82 Å². The van der Waals surface area contributed by atoms with E-state index in [2.05, 4.69) is 30.7 Å². The zero-order valence-corrected chi connectivity index (χ0v) is 10.8. The van der Waals surface area contributed by atoms with Gasteiger partial charge in [0.2, 0.25) is 0 Å². The van der Waals surface area contributed by atoms with Crippen LogP contribution in [0, 0.1) is 0 Å². The maximum Gasteiger partial charge on any atom is 0.262 e. The maximum atomic E-state index is 5.67. The number of hydrogen-bond acceptors (Lipinski definition) is 4. The second kappa shape index (κ2) is 4.64. The van der Waals surface area contributed by atoms with E-state index in [-0.39, 0.29) is 11.2 Å². The van der Waals surface area contributed by atoms with E-state index in [1.807, 2.05) is 24.3 Å². The Morgan fingerprint density at radius 3 is 2.17 bits per heavy atom. The largest absolute Gasteiger partial charge is 0.436 e. The Bertz CT molecular complexity index is 529. The molecule has 0 atom stereocenters. The summed E-state index contributed by atoms with van der Waals surface area (Å²) in [5.41, 5.74) is 7.05. The standard InChI is InChI=1S/C14H17N3O/c1-14(2,3)10-4-6-11(7-5-10)18-13-12(15)16-8-9-17-13/h4-9H,1-3H3,(H2,15,16). The summed E-state index contributed by atoms with van der Waals surface area (Å²) >= 11 is 0. The van der Waals surface area contributed by atoms with Crippen molar-refractivity contribution in [3.8, 4) is 11.6 Å². The summed E-state index contributed by atoms with van der Waals surface area (Å²) in [7, 11) is 0. The van der Waals surface area contributed by atoms with Crippen LogP contribution in [0.25, 0.3) is 0 Å². The molecule has 2 rings (SSSR count).